The van der Waals surface area contributed by atoms with Crippen molar-refractivity contribution in [1.82, 2.24) is 9.97 Å². The van der Waals surface area contributed by atoms with E-state index >= 15 is 0 Å². The number of nitrogen functional groups attached to an aromatic ring is 1. The molecule has 0 aliphatic heterocycles. The van der Waals surface area contributed by atoms with Crippen molar-refractivity contribution in [3.63, 3.8) is 0 Å². The molecule has 3 rings (SSSR count). The number of aryl methyl sites for hydroxylation is 2. The smallest absolute Gasteiger partial charge is 0.280 e. The first-order valence-corrected chi connectivity index (χ1v) is 9.14. The Kier molecular flexibility index (Phi) is 4.41. The van der Waals surface area contributed by atoms with Gasteiger partial charge in [0.2, 0.25) is 0 Å². The van der Waals surface area contributed by atoms with Gasteiger partial charge in [-0.1, -0.05) is 36.4 Å². The van der Waals surface area contributed by atoms with Crippen molar-refractivity contribution >= 4 is 21.7 Å². The number of rotatable bonds is 4. The maximum atomic E-state index is 12.5. The van der Waals surface area contributed by atoms with E-state index in [0.717, 1.165) is 22.4 Å². The summed E-state index contributed by atoms with van der Waals surface area (Å²) < 4.78 is 27.4. The van der Waals surface area contributed by atoms with Crippen molar-refractivity contribution in [2.24, 2.45) is 0 Å². The highest BCUT2D eigenvalue weighted by atomic mass is 32.2. The SMILES string of the molecule is Cc1ccccc1-c1nc(NS(=O)(=O)c2cccc(N)n2)ccc1C. The number of anilines is 2. The van der Waals surface area contributed by atoms with Crippen molar-refractivity contribution in [1.29, 1.82) is 0 Å². The largest absolute Gasteiger partial charge is 0.384 e. The number of hydrogen-bond donors (Lipinski definition) is 2. The lowest BCUT2D eigenvalue weighted by atomic mass is 10.0. The average molecular weight is 354 g/mol. The summed E-state index contributed by atoms with van der Waals surface area (Å²) >= 11 is 0. The van der Waals surface area contributed by atoms with Gasteiger partial charge < -0.3 is 5.73 Å². The van der Waals surface area contributed by atoms with Crippen molar-refractivity contribution in [3.05, 3.63) is 65.7 Å². The molecule has 2 aromatic heterocycles. The highest BCUT2D eigenvalue weighted by Crippen LogP contribution is 2.26. The van der Waals surface area contributed by atoms with Gasteiger partial charge in [0.1, 0.15) is 11.6 Å². The Bertz CT molecular complexity index is 1030. The summed E-state index contributed by atoms with van der Waals surface area (Å²) in [4.78, 5) is 8.34. The number of aromatic nitrogens is 2. The third-order valence-corrected chi connectivity index (χ3v) is 5.01. The Morgan fingerprint density at radius 2 is 1.64 bits per heavy atom. The highest BCUT2D eigenvalue weighted by molar-refractivity contribution is 7.92. The molecule has 0 atom stereocenters. The summed E-state index contributed by atoms with van der Waals surface area (Å²) in [6.07, 6.45) is 0. The summed E-state index contributed by atoms with van der Waals surface area (Å²) in [7, 11) is -3.86. The van der Waals surface area contributed by atoms with Gasteiger partial charge in [-0.2, -0.15) is 8.42 Å². The van der Waals surface area contributed by atoms with Crippen molar-refractivity contribution in [2.45, 2.75) is 18.9 Å². The van der Waals surface area contributed by atoms with E-state index in [1.165, 1.54) is 18.2 Å². The van der Waals surface area contributed by atoms with Gasteiger partial charge in [-0.15, -0.1) is 0 Å². The summed E-state index contributed by atoms with van der Waals surface area (Å²) in [5, 5.41) is -0.146. The normalized spacial score (nSPS) is 11.3. The van der Waals surface area contributed by atoms with Crippen LogP contribution in [0.1, 0.15) is 11.1 Å². The molecule has 0 fully saturated rings. The third kappa shape index (κ3) is 3.61. The molecule has 0 saturated heterocycles. The van der Waals surface area contributed by atoms with Crippen LogP contribution in [-0.4, -0.2) is 18.4 Å². The molecule has 3 N–H and O–H groups in total. The van der Waals surface area contributed by atoms with Crippen LogP contribution in [0, 0.1) is 13.8 Å². The lowest BCUT2D eigenvalue weighted by Crippen LogP contribution is -2.16. The molecule has 7 heteroatoms. The van der Waals surface area contributed by atoms with Gasteiger partial charge in [-0.3, -0.25) is 4.72 Å². The minimum absolute atomic E-state index is 0.139. The Morgan fingerprint density at radius 3 is 2.36 bits per heavy atom. The number of nitrogens with two attached hydrogens (primary N) is 1. The van der Waals surface area contributed by atoms with Crippen LogP contribution in [0.2, 0.25) is 0 Å². The summed E-state index contributed by atoms with van der Waals surface area (Å²) in [6.45, 7) is 3.93. The van der Waals surface area contributed by atoms with Crippen LogP contribution >= 0.6 is 0 Å². The number of nitrogens with one attached hydrogen (secondary N) is 1. The molecule has 0 aliphatic rings. The zero-order valence-corrected chi connectivity index (χ0v) is 14.7. The molecule has 0 spiro atoms. The lowest BCUT2D eigenvalue weighted by Gasteiger charge is -2.12. The van der Waals surface area contributed by atoms with Gasteiger partial charge >= 0.3 is 0 Å². The maximum Gasteiger partial charge on any atom is 0.280 e. The molecule has 0 bridgehead atoms. The minimum Gasteiger partial charge on any atom is -0.384 e. The average Bonchev–Trinajstić information content (AvgIpc) is 2.57. The van der Waals surface area contributed by atoms with Crippen LogP contribution in [0.4, 0.5) is 11.6 Å². The first kappa shape index (κ1) is 16.9. The Hall–Kier alpha value is -2.93. The molecule has 3 aromatic rings. The monoisotopic (exact) mass is 354 g/mol. The number of hydrogen-bond acceptors (Lipinski definition) is 5. The number of pyridine rings is 2. The highest BCUT2D eigenvalue weighted by Gasteiger charge is 2.18. The van der Waals surface area contributed by atoms with Gasteiger partial charge in [0.15, 0.2) is 5.03 Å². The number of sulfonamides is 1. The van der Waals surface area contributed by atoms with Crippen LogP contribution in [0.3, 0.4) is 0 Å². The molecule has 0 unspecified atom stereocenters. The molecular formula is C18H18N4O2S. The molecule has 0 aliphatic carbocycles. The lowest BCUT2D eigenvalue weighted by molar-refractivity contribution is 0.597. The van der Waals surface area contributed by atoms with Gasteiger partial charge in [0.05, 0.1) is 5.69 Å². The van der Waals surface area contributed by atoms with E-state index in [9.17, 15) is 8.42 Å². The van der Waals surface area contributed by atoms with Gasteiger partial charge in [-0.25, -0.2) is 9.97 Å². The van der Waals surface area contributed by atoms with Gasteiger partial charge in [0.25, 0.3) is 10.0 Å². The van der Waals surface area contributed by atoms with E-state index in [1.54, 1.807) is 6.07 Å². The third-order valence-electron chi connectivity index (χ3n) is 3.76. The van der Waals surface area contributed by atoms with E-state index in [4.69, 9.17) is 5.73 Å². The molecular weight excluding hydrogens is 336 g/mol. The van der Waals surface area contributed by atoms with Crippen LogP contribution in [0.5, 0.6) is 0 Å². The zero-order valence-electron chi connectivity index (χ0n) is 13.9. The van der Waals surface area contributed by atoms with Crippen LogP contribution in [-0.2, 0) is 10.0 Å². The fourth-order valence-electron chi connectivity index (χ4n) is 2.47. The molecule has 25 heavy (non-hydrogen) atoms. The first-order valence-electron chi connectivity index (χ1n) is 7.66. The van der Waals surface area contributed by atoms with E-state index in [1.807, 2.05) is 44.2 Å². The second-order valence-corrected chi connectivity index (χ2v) is 7.31. The van der Waals surface area contributed by atoms with E-state index in [-0.39, 0.29) is 16.7 Å². The Labute approximate surface area is 146 Å². The van der Waals surface area contributed by atoms with Gasteiger partial charge in [0, 0.05) is 5.56 Å². The predicted octanol–water partition coefficient (Wildman–Crippen LogP) is 3.14. The predicted molar refractivity (Wildman–Crippen MR) is 98.6 cm³/mol. The van der Waals surface area contributed by atoms with Gasteiger partial charge in [-0.05, 0) is 43.2 Å². The number of benzene rings is 1. The van der Waals surface area contributed by atoms with Crippen LogP contribution < -0.4 is 10.5 Å². The standard InChI is InChI=1S/C18H18N4O2S/c1-12-6-3-4-7-14(12)18-13(2)10-11-16(21-18)22-25(23,24)17-9-5-8-15(19)20-17/h3-11H,1-2H3,(H2,19,20)(H,21,22). The summed E-state index contributed by atoms with van der Waals surface area (Å²) in [5.74, 6) is 0.369. The quantitative estimate of drug-likeness (QED) is 0.750. The summed E-state index contributed by atoms with van der Waals surface area (Å²) in [6, 6.07) is 15.7. The van der Waals surface area contributed by atoms with Crippen LogP contribution in [0.25, 0.3) is 11.3 Å². The maximum absolute atomic E-state index is 12.5. The zero-order chi connectivity index (χ0) is 18.0. The second-order valence-electron chi connectivity index (χ2n) is 5.68. The molecule has 0 saturated carbocycles. The topological polar surface area (TPSA) is 98.0 Å². The second kappa shape index (κ2) is 6.52. The van der Waals surface area contributed by atoms with E-state index < -0.39 is 10.0 Å². The fraction of sp³-hybridized carbons (Fsp3) is 0.111. The molecule has 1 aromatic carbocycles. The van der Waals surface area contributed by atoms with E-state index in [2.05, 4.69) is 14.7 Å². The summed E-state index contributed by atoms with van der Waals surface area (Å²) in [5.41, 5.74) is 9.29. The Morgan fingerprint density at radius 1 is 0.880 bits per heavy atom. The first-order chi connectivity index (χ1) is 11.9. The molecule has 6 nitrogen and oxygen atoms in total. The molecule has 0 amide bonds. The fourth-order valence-corrected chi connectivity index (χ4v) is 3.44. The van der Waals surface area contributed by atoms with Crippen molar-refractivity contribution in [3.8, 4) is 11.3 Å². The number of nitrogens with zero attached hydrogens (tertiary/aromatic N) is 2. The molecule has 128 valence electrons. The Balaban J connectivity index is 2.00. The van der Waals surface area contributed by atoms with Crippen LogP contribution in [0.15, 0.2) is 59.6 Å². The van der Waals surface area contributed by atoms with E-state index in [0.29, 0.717) is 0 Å². The molecule has 0 radical (unpaired) electrons. The minimum atomic E-state index is -3.86. The van der Waals surface area contributed by atoms with Crippen molar-refractivity contribution < 1.29 is 8.42 Å². The van der Waals surface area contributed by atoms with Crippen molar-refractivity contribution in [2.75, 3.05) is 10.5 Å². The molecule has 2 heterocycles.